The van der Waals surface area contributed by atoms with E-state index in [1.807, 2.05) is 27.7 Å². The Bertz CT molecular complexity index is 803. The van der Waals surface area contributed by atoms with Gasteiger partial charge in [-0.1, -0.05) is 27.7 Å². The van der Waals surface area contributed by atoms with Gasteiger partial charge in [-0.05, 0) is 6.08 Å². The van der Waals surface area contributed by atoms with Gasteiger partial charge in [-0.25, -0.2) is 0 Å². The summed E-state index contributed by atoms with van der Waals surface area (Å²) in [5.41, 5.74) is 0.540. The van der Waals surface area contributed by atoms with E-state index in [1.54, 1.807) is 7.05 Å². The Hall–Kier alpha value is -2.83. The molecule has 0 aliphatic rings. The number of aliphatic hydroxyl groups is 1. The molecule has 2 amide bonds. The second kappa shape index (κ2) is 44.2. The maximum atomic E-state index is 11.8. The first kappa shape index (κ1) is 49.6. The van der Waals surface area contributed by atoms with E-state index in [4.69, 9.17) is 49.5 Å². The number of carbonyl (C=O) groups is 2. The topological polar surface area (TPSA) is 209 Å². The molecule has 0 aliphatic carbocycles. The van der Waals surface area contributed by atoms with Gasteiger partial charge >= 0.3 is 0 Å². The minimum atomic E-state index is -0.257. The third-order valence-electron chi connectivity index (χ3n) is 5.32. The first-order chi connectivity index (χ1) is 23.5. The van der Waals surface area contributed by atoms with Crippen LogP contribution in [0.25, 0.3) is 0 Å². The fraction of sp³-hybridized carbons (Fsp3) is 0.781. The van der Waals surface area contributed by atoms with Gasteiger partial charge in [0.05, 0.1) is 105 Å². The summed E-state index contributed by atoms with van der Waals surface area (Å²) in [5, 5.41) is 21.9. The maximum absolute atomic E-state index is 11.8. The van der Waals surface area contributed by atoms with Crippen LogP contribution >= 0.6 is 0 Å². The van der Waals surface area contributed by atoms with E-state index in [2.05, 4.69) is 15.4 Å². The minimum absolute atomic E-state index is 0.0214. The van der Waals surface area contributed by atoms with E-state index in [0.717, 1.165) is 6.21 Å². The van der Waals surface area contributed by atoms with Gasteiger partial charge in [0, 0.05) is 58.1 Å². The highest BCUT2D eigenvalue weighted by atomic mass is 16.6. The van der Waals surface area contributed by atoms with E-state index in [1.165, 1.54) is 23.3 Å². The predicted octanol–water partition coefficient (Wildman–Crippen LogP) is 1.09. The van der Waals surface area contributed by atoms with Gasteiger partial charge in [0.25, 0.3) is 0 Å². The Morgan fingerprint density at radius 1 is 0.750 bits per heavy atom. The molecule has 0 aromatic rings. The molecule has 0 saturated heterocycles. The Balaban J connectivity index is -0.00000486. The van der Waals surface area contributed by atoms with Crippen LogP contribution in [0.1, 0.15) is 40.5 Å². The second-order valence-corrected chi connectivity index (χ2v) is 8.80. The molecule has 0 rings (SSSR count). The molecule has 0 aromatic carbocycles. The van der Waals surface area contributed by atoms with Crippen LogP contribution in [0.3, 0.4) is 0 Å². The average Bonchev–Trinajstić information content (AvgIpc) is 3.12. The van der Waals surface area contributed by atoms with Crippen LogP contribution < -0.4 is 11.2 Å². The molecular weight excluding hydrogens is 628 g/mol. The van der Waals surface area contributed by atoms with Crippen LogP contribution in [-0.4, -0.2) is 166 Å². The van der Waals surface area contributed by atoms with Crippen molar-refractivity contribution in [1.29, 1.82) is 5.41 Å². The molecule has 0 bridgehead atoms. The minimum Gasteiger partial charge on any atom is -0.396 e. The van der Waals surface area contributed by atoms with Crippen molar-refractivity contribution in [2.75, 3.05) is 126 Å². The summed E-state index contributed by atoms with van der Waals surface area (Å²) in [6, 6.07) is 0. The largest absolute Gasteiger partial charge is 0.396 e. The van der Waals surface area contributed by atoms with Gasteiger partial charge in [0.1, 0.15) is 0 Å². The van der Waals surface area contributed by atoms with Crippen molar-refractivity contribution in [3.8, 4) is 0 Å². The van der Waals surface area contributed by atoms with Gasteiger partial charge in [-0.15, -0.1) is 0 Å². The number of nitrogens with zero attached hydrogens (tertiary/aromatic N) is 3. The summed E-state index contributed by atoms with van der Waals surface area (Å²) in [5.74, 6) is 4.76. The van der Waals surface area contributed by atoms with Crippen molar-refractivity contribution in [3.63, 3.8) is 0 Å². The Labute approximate surface area is 287 Å². The third kappa shape index (κ3) is 39.3. The Kier molecular flexibility index (Phi) is 45.6. The number of rotatable bonds is 32. The molecule has 0 spiro atoms. The number of likely N-dealkylation sites (N-methyl/N-ethyl adjacent to an activating group) is 1. The molecule has 16 nitrogen and oxygen atoms in total. The molecule has 0 unspecified atom stereocenters. The number of amides is 2. The van der Waals surface area contributed by atoms with Gasteiger partial charge in [-0.3, -0.25) is 14.6 Å². The van der Waals surface area contributed by atoms with E-state index >= 15 is 0 Å². The van der Waals surface area contributed by atoms with Crippen LogP contribution in [0.4, 0.5) is 0 Å². The van der Waals surface area contributed by atoms with Crippen LogP contribution in [-0.2, 0) is 42.7 Å². The average molecular weight is 693 g/mol. The summed E-state index contributed by atoms with van der Waals surface area (Å²) in [6.45, 7) is 15.4. The monoisotopic (exact) mass is 692 g/mol. The third-order valence-corrected chi connectivity index (χ3v) is 5.32. The maximum Gasteiger partial charge on any atom is 0.246 e. The highest BCUT2D eigenvalue weighted by Gasteiger charge is 2.07. The normalized spacial score (nSPS) is 11.2. The van der Waals surface area contributed by atoms with Crippen molar-refractivity contribution in [2.24, 2.45) is 15.9 Å². The fourth-order valence-corrected chi connectivity index (χ4v) is 2.97. The van der Waals surface area contributed by atoms with Gasteiger partial charge < -0.3 is 59.7 Å². The number of hydrogen-bond acceptors (Lipinski definition) is 14. The number of allylic oxidation sites excluding steroid dienone is 1. The summed E-state index contributed by atoms with van der Waals surface area (Å²) in [7, 11) is 1.60. The van der Waals surface area contributed by atoms with Crippen molar-refractivity contribution in [3.05, 3.63) is 12.2 Å². The quantitative estimate of drug-likeness (QED) is 0.0258. The van der Waals surface area contributed by atoms with Crippen molar-refractivity contribution < 1.29 is 47.9 Å². The standard InChI is InChI=1S/C28H52N6O10.2C2H6/c1-34(28(37)3-2-6-29)9-4-27(36)32-8-12-39-14-16-41-18-20-43-22-24-44-23-21-42-19-17-40-15-13-38-11-7-31-25-26(33-30)5-10-35;2*1-2/h2-3,6,25,29,35H,4-5,7-24,30H2,1H3,(H,32,36);2*1-2H3/b3-2-,29-6?,31-25?,33-26-;;. The zero-order chi connectivity index (χ0) is 36.4. The highest BCUT2D eigenvalue weighted by Crippen LogP contribution is 1.91. The number of nitrogens with two attached hydrogens (primary N) is 1. The lowest BCUT2D eigenvalue weighted by atomic mass is 10.3. The van der Waals surface area contributed by atoms with Crippen LogP contribution in [0, 0.1) is 5.41 Å². The lowest BCUT2D eigenvalue weighted by Crippen LogP contribution is -2.33. The number of nitrogens with one attached hydrogen (secondary N) is 2. The van der Waals surface area contributed by atoms with Crippen molar-refractivity contribution >= 4 is 30.0 Å². The summed E-state index contributed by atoms with van der Waals surface area (Å²) >= 11 is 0. The lowest BCUT2D eigenvalue weighted by Gasteiger charge is -2.14. The molecule has 48 heavy (non-hydrogen) atoms. The van der Waals surface area contributed by atoms with E-state index in [9.17, 15) is 9.59 Å². The molecule has 0 aliphatic heterocycles. The second-order valence-electron chi connectivity index (χ2n) is 8.80. The Morgan fingerprint density at radius 3 is 1.60 bits per heavy atom. The molecule has 0 radical (unpaired) electrons. The molecule has 0 aromatic heterocycles. The SMILES string of the molecule is CC.CC.CN(CCC(=O)NCCOCCOCCOCCOCCOCCOCCOCCN=C/C(CCO)=N\N)C(=O)/C=C\C=N. The lowest BCUT2D eigenvalue weighted by molar-refractivity contribution is -0.126. The predicted molar refractivity (Wildman–Crippen MR) is 188 cm³/mol. The molecule has 0 heterocycles. The fourth-order valence-electron chi connectivity index (χ4n) is 2.97. The zero-order valence-electron chi connectivity index (χ0n) is 30.0. The van der Waals surface area contributed by atoms with Crippen LogP contribution in [0.15, 0.2) is 22.2 Å². The van der Waals surface area contributed by atoms with Gasteiger partial charge in [-0.2, -0.15) is 5.10 Å². The Morgan fingerprint density at radius 2 is 1.19 bits per heavy atom. The van der Waals surface area contributed by atoms with Gasteiger partial charge in [0.2, 0.25) is 11.8 Å². The van der Waals surface area contributed by atoms with Crippen LogP contribution in [0.5, 0.6) is 0 Å². The summed E-state index contributed by atoms with van der Waals surface area (Å²) < 4.78 is 38.0. The number of ether oxygens (including phenoxy) is 7. The number of hydrazone groups is 1. The molecular formula is C32H64N6O10. The number of hydrogen-bond donors (Lipinski definition) is 4. The van der Waals surface area contributed by atoms with Crippen molar-refractivity contribution in [1.82, 2.24) is 10.2 Å². The molecule has 0 saturated carbocycles. The number of carbonyl (C=O) groups excluding carboxylic acids is 2. The van der Waals surface area contributed by atoms with Crippen LogP contribution in [0.2, 0.25) is 0 Å². The summed E-state index contributed by atoms with van der Waals surface area (Å²) in [6.07, 6.45) is 5.74. The van der Waals surface area contributed by atoms with E-state index in [-0.39, 0.29) is 24.8 Å². The van der Waals surface area contributed by atoms with Crippen molar-refractivity contribution in [2.45, 2.75) is 40.5 Å². The first-order valence-electron chi connectivity index (χ1n) is 16.7. The van der Waals surface area contributed by atoms with E-state index < -0.39 is 0 Å². The molecule has 5 N–H and O–H groups in total. The highest BCUT2D eigenvalue weighted by molar-refractivity contribution is 6.30. The molecule has 282 valence electrons. The van der Waals surface area contributed by atoms with Gasteiger partial charge in [0.15, 0.2) is 0 Å². The first-order valence-corrected chi connectivity index (χ1v) is 16.7. The zero-order valence-corrected chi connectivity index (χ0v) is 30.0. The smallest absolute Gasteiger partial charge is 0.246 e. The molecule has 16 heteroatoms. The van der Waals surface area contributed by atoms with E-state index in [0.29, 0.717) is 124 Å². The molecule has 0 atom stereocenters. The number of aliphatic imine (C=N–C) groups is 1. The number of aliphatic hydroxyl groups excluding tert-OH is 1. The summed E-state index contributed by atoms with van der Waals surface area (Å²) in [4.78, 5) is 29.0. The molecule has 0 fully saturated rings.